The van der Waals surface area contributed by atoms with Crippen LogP contribution in [0.25, 0.3) is 0 Å². The Morgan fingerprint density at radius 2 is 1.38 bits per heavy atom. The molecular weight excluding hydrogens is 596 g/mol. The SMILES string of the molecule is CCCCCCCCCCCCCCCCCC(=O)OC1=C(C)C(=O)O/C1=C\[C@H](C)CCC/C(C)=C/CC/C(C)=C/CCc1ccoc1. The predicted molar refractivity (Wildman–Crippen MR) is 199 cm³/mol. The number of esters is 2. The summed E-state index contributed by atoms with van der Waals surface area (Å²) in [5.74, 6) is 0.211. The molecule has 48 heavy (non-hydrogen) atoms. The van der Waals surface area contributed by atoms with Gasteiger partial charge in [-0.15, -0.1) is 0 Å². The Morgan fingerprint density at radius 1 is 0.792 bits per heavy atom. The molecule has 5 heteroatoms. The molecule has 1 aromatic heterocycles. The Bertz CT molecular complexity index is 1150. The van der Waals surface area contributed by atoms with Gasteiger partial charge in [-0.3, -0.25) is 4.79 Å². The quantitative estimate of drug-likeness (QED) is 0.0507. The van der Waals surface area contributed by atoms with Crippen molar-refractivity contribution >= 4 is 11.9 Å². The summed E-state index contributed by atoms with van der Waals surface area (Å²) in [6.45, 7) is 10.5. The highest BCUT2D eigenvalue weighted by Crippen LogP contribution is 2.30. The Balaban J connectivity index is 1.57. The lowest BCUT2D eigenvalue weighted by molar-refractivity contribution is -0.140. The van der Waals surface area contributed by atoms with Gasteiger partial charge >= 0.3 is 11.9 Å². The minimum Gasteiger partial charge on any atom is -0.472 e. The fourth-order valence-corrected chi connectivity index (χ4v) is 6.26. The number of carbonyl (C=O) groups is 2. The van der Waals surface area contributed by atoms with E-state index in [1.54, 1.807) is 13.2 Å². The first-order valence-electron chi connectivity index (χ1n) is 19.5. The van der Waals surface area contributed by atoms with Crippen LogP contribution in [0.5, 0.6) is 0 Å². The molecule has 0 saturated carbocycles. The third-order valence-electron chi connectivity index (χ3n) is 9.48. The van der Waals surface area contributed by atoms with E-state index in [2.05, 4.69) is 39.8 Å². The molecule has 0 fully saturated rings. The summed E-state index contributed by atoms with van der Waals surface area (Å²) in [7, 11) is 0. The average molecular weight is 665 g/mol. The van der Waals surface area contributed by atoms with E-state index in [1.165, 1.54) is 93.8 Å². The molecule has 5 nitrogen and oxygen atoms in total. The molecule has 2 rings (SSSR count). The molecule has 1 aliphatic rings. The van der Waals surface area contributed by atoms with Crippen LogP contribution in [0.15, 0.2) is 69.5 Å². The van der Waals surface area contributed by atoms with E-state index in [0.717, 1.165) is 64.2 Å². The smallest absolute Gasteiger partial charge is 0.343 e. The minimum atomic E-state index is -0.423. The van der Waals surface area contributed by atoms with Crippen LogP contribution in [0, 0.1) is 5.92 Å². The van der Waals surface area contributed by atoms with E-state index >= 15 is 0 Å². The molecule has 0 radical (unpaired) electrons. The number of cyclic esters (lactones) is 1. The first-order chi connectivity index (χ1) is 23.3. The number of aryl methyl sites for hydroxylation is 1. The summed E-state index contributed by atoms with van der Waals surface area (Å²) < 4.78 is 16.3. The number of hydrogen-bond acceptors (Lipinski definition) is 5. The first kappa shape index (κ1) is 41.4. The highest BCUT2D eigenvalue weighted by Gasteiger charge is 2.30. The second-order valence-corrected chi connectivity index (χ2v) is 14.2. The van der Waals surface area contributed by atoms with E-state index < -0.39 is 5.97 Å². The molecule has 0 spiro atoms. The zero-order valence-electron chi connectivity index (χ0n) is 31.3. The highest BCUT2D eigenvalue weighted by atomic mass is 16.6. The van der Waals surface area contributed by atoms with Crippen molar-refractivity contribution in [3.05, 3.63) is 70.6 Å². The van der Waals surface area contributed by atoms with Gasteiger partial charge in [0, 0.05) is 6.42 Å². The largest absolute Gasteiger partial charge is 0.472 e. The van der Waals surface area contributed by atoms with Crippen molar-refractivity contribution in [1.29, 1.82) is 0 Å². The van der Waals surface area contributed by atoms with Gasteiger partial charge in [0.1, 0.15) is 0 Å². The van der Waals surface area contributed by atoms with Crippen molar-refractivity contribution in [2.24, 2.45) is 5.92 Å². The molecule has 0 aromatic carbocycles. The first-order valence-corrected chi connectivity index (χ1v) is 19.5. The van der Waals surface area contributed by atoms with E-state index in [-0.39, 0.29) is 11.9 Å². The lowest BCUT2D eigenvalue weighted by atomic mass is 9.99. The van der Waals surface area contributed by atoms with Crippen LogP contribution >= 0.6 is 0 Å². The van der Waals surface area contributed by atoms with E-state index in [9.17, 15) is 9.59 Å². The maximum Gasteiger partial charge on any atom is 0.343 e. The molecule has 1 aromatic rings. The molecule has 0 unspecified atom stereocenters. The third-order valence-corrected chi connectivity index (χ3v) is 9.48. The second kappa shape index (κ2) is 26.1. The number of hydrogen-bond donors (Lipinski definition) is 0. The van der Waals surface area contributed by atoms with Crippen LogP contribution in [-0.2, 0) is 25.5 Å². The normalized spacial score (nSPS) is 15.4. The van der Waals surface area contributed by atoms with E-state index in [1.807, 2.05) is 18.4 Å². The topological polar surface area (TPSA) is 65.7 Å². The number of allylic oxidation sites excluding steroid dienone is 5. The van der Waals surface area contributed by atoms with Gasteiger partial charge in [-0.2, -0.15) is 0 Å². The maximum atomic E-state index is 12.6. The van der Waals surface area contributed by atoms with Crippen LogP contribution in [0.2, 0.25) is 0 Å². The van der Waals surface area contributed by atoms with E-state index in [0.29, 0.717) is 23.5 Å². The van der Waals surface area contributed by atoms with Crippen molar-refractivity contribution in [3.63, 3.8) is 0 Å². The molecule has 0 bridgehead atoms. The average Bonchev–Trinajstić information content (AvgIpc) is 3.66. The van der Waals surface area contributed by atoms with Gasteiger partial charge in [0.05, 0.1) is 18.1 Å². The van der Waals surface area contributed by atoms with Crippen LogP contribution in [0.4, 0.5) is 0 Å². The Kier molecular flexibility index (Phi) is 22.5. The monoisotopic (exact) mass is 665 g/mol. The molecule has 0 amide bonds. The molecule has 270 valence electrons. The van der Waals surface area contributed by atoms with Gasteiger partial charge in [-0.1, -0.05) is 127 Å². The number of rotatable bonds is 28. The van der Waals surface area contributed by atoms with Crippen molar-refractivity contribution in [2.75, 3.05) is 0 Å². The molecule has 0 N–H and O–H groups in total. The molecular formula is C43H68O5. The summed E-state index contributed by atoms with van der Waals surface area (Å²) in [5, 5.41) is 0. The van der Waals surface area contributed by atoms with Crippen molar-refractivity contribution < 1.29 is 23.5 Å². The number of carbonyl (C=O) groups excluding carboxylic acids is 2. The zero-order chi connectivity index (χ0) is 34.8. The summed E-state index contributed by atoms with van der Waals surface area (Å²) in [4.78, 5) is 24.9. The van der Waals surface area contributed by atoms with Crippen LogP contribution in [0.3, 0.4) is 0 Å². The fourth-order valence-electron chi connectivity index (χ4n) is 6.26. The minimum absolute atomic E-state index is 0.205. The molecule has 0 aliphatic carbocycles. The van der Waals surface area contributed by atoms with Gasteiger partial charge in [0.25, 0.3) is 0 Å². The van der Waals surface area contributed by atoms with Crippen molar-refractivity contribution in [2.45, 2.75) is 182 Å². The number of ether oxygens (including phenoxy) is 2. The van der Waals surface area contributed by atoms with Gasteiger partial charge < -0.3 is 13.9 Å². The Hall–Kier alpha value is -2.82. The molecule has 0 saturated heterocycles. The van der Waals surface area contributed by atoms with Gasteiger partial charge in [-0.05, 0) is 95.8 Å². The highest BCUT2D eigenvalue weighted by molar-refractivity contribution is 5.94. The second-order valence-electron chi connectivity index (χ2n) is 14.2. The summed E-state index contributed by atoms with van der Waals surface area (Å²) in [5.41, 5.74) is 4.48. The Morgan fingerprint density at radius 3 is 1.98 bits per heavy atom. The van der Waals surface area contributed by atoms with Gasteiger partial charge in [-0.25, -0.2) is 4.79 Å². The van der Waals surface area contributed by atoms with Crippen LogP contribution < -0.4 is 0 Å². The third kappa shape index (κ3) is 19.2. The predicted octanol–water partition coefficient (Wildman–Crippen LogP) is 13.2. The summed E-state index contributed by atoms with van der Waals surface area (Å²) in [6, 6.07) is 2.03. The number of furan rings is 1. The lowest BCUT2D eigenvalue weighted by Gasteiger charge is -2.11. The molecule has 1 aliphatic heterocycles. The summed E-state index contributed by atoms with van der Waals surface area (Å²) in [6.07, 6.45) is 37.2. The van der Waals surface area contributed by atoms with Crippen LogP contribution in [-0.4, -0.2) is 11.9 Å². The lowest BCUT2D eigenvalue weighted by Crippen LogP contribution is -2.06. The van der Waals surface area contributed by atoms with E-state index in [4.69, 9.17) is 13.9 Å². The van der Waals surface area contributed by atoms with Crippen LogP contribution in [0.1, 0.15) is 181 Å². The molecule has 2 heterocycles. The fraction of sp³-hybridized carbons (Fsp3) is 0.674. The van der Waals surface area contributed by atoms with Crippen molar-refractivity contribution in [1.82, 2.24) is 0 Å². The van der Waals surface area contributed by atoms with Crippen molar-refractivity contribution in [3.8, 4) is 0 Å². The molecule has 1 atom stereocenters. The zero-order valence-corrected chi connectivity index (χ0v) is 31.3. The maximum absolute atomic E-state index is 12.6. The standard InChI is InChI=1S/C43H68O5/c1-6-7-8-9-10-11-12-13-14-15-16-17-18-19-20-30-41(44)48-42-38(5)43(45)47-40(42)33-37(4)28-22-26-35(2)24-21-25-36(3)27-23-29-39-31-32-46-34-39/h24,27,31-34,37H,6-23,25-26,28-30H2,1-5H3/b35-24+,36-27+,40-33-/t37-/m1/s1. The van der Waals surface area contributed by atoms with Gasteiger partial charge in [0.2, 0.25) is 0 Å². The summed E-state index contributed by atoms with van der Waals surface area (Å²) >= 11 is 0. The number of unbranched alkanes of at least 4 members (excludes halogenated alkanes) is 14. The Labute approximate surface area is 293 Å². The van der Waals surface area contributed by atoms with Gasteiger partial charge in [0.15, 0.2) is 11.5 Å².